The number of aryl methyl sites for hydroxylation is 1. The van der Waals surface area contributed by atoms with Crippen molar-refractivity contribution < 1.29 is 4.79 Å². The third-order valence-corrected chi connectivity index (χ3v) is 3.55. The standard InChI is InChI=1S/C18H19N5O/c1-14-4-6-15(7-5-14)18(24)20-9-8-19-16-12-17(22-13-21-16)23-10-2-3-11-23/h2-7,10-13H,8-9H2,1H3,(H,20,24)(H,19,21,22). The van der Waals surface area contributed by atoms with Crippen LogP contribution in [0.25, 0.3) is 5.82 Å². The van der Waals surface area contributed by atoms with E-state index in [1.807, 2.05) is 66.3 Å². The van der Waals surface area contributed by atoms with Crippen LogP contribution in [-0.2, 0) is 0 Å². The molecule has 122 valence electrons. The van der Waals surface area contributed by atoms with Gasteiger partial charge in [0.2, 0.25) is 0 Å². The number of aromatic nitrogens is 3. The minimum atomic E-state index is -0.0764. The van der Waals surface area contributed by atoms with Gasteiger partial charge in [-0.05, 0) is 31.2 Å². The second-order valence-electron chi connectivity index (χ2n) is 5.40. The molecule has 3 rings (SSSR count). The van der Waals surface area contributed by atoms with Crippen LogP contribution in [0.5, 0.6) is 0 Å². The SMILES string of the molecule is Cc1ccc(C(=O)NCCNc2cc(-n3cccc3)ncn2)cc1. The minimum absolute atomic E-state index is 0.0764. The molecule has 0 bridgehead atoms. The highest BCUT2D eigenvalue weighted by Gasteiger charge is 2.04. The van der Waals surface area contributed by atoms with E-state index in [9.17, 15) is 4.79 Å². The fourth-order valence-electron chi connectivity index (χ4n) is 2.25. The van der Waals surface area contributed by atoms with Gasteiger partial charge in [0.05, 0.1) is 0 Å². The summed E-state index contributed by atoms with van der Waals surface area (Å²) < 4.78 is 1.91. The van der Waals surface area contributed by atoms with Crippen molar-refractivity contribution in [2.45, 2.75) is 6.92 Å². The molecule has 1 aromatic carbocycles. The monoisotopic (exact) mass is 321 g/mol. The zero-order valence-corrected chi connectivity index (χ0v) is 13.4. The summed E-state index contributed by atoms with van der Waals surface area (Å²) in [6.45, 7) is 3.09. The molecule has 24 heavy (non-hydrogen) atoms. The fraction of sp³-hybridized carbons (Fsp3) is 0.167. The molecule has 2 N–H and O–H groups in total. The Balaban J connectivity index is 1.49. The summed E-state index contributed by atoms with van der Waals surface area (Å²) in [5, 5.41) is 6.06. The smallest absolute Gasteiger partial charge is 0.251 e. The van der Waals surface area contributed by atoms with Crippen LogP contribution in [0, 0.1) is 6.92 Å². The van der Waals surface area contributed by atoms with Crippen LogP contribution in [0.4, 0.5) is 5.82 Å². The first-order valence-electron chi connectivity index (χ1n) is 7.76. The summed E-state index contributed by atoms with van der Waals surface area (Å²) in [5.41, 5.74) is 1.80. The Kier molecular flexibility index (Phi) is 4.86. The largest absolute Gasteiger partial charge is 0.368 e. The Morgan fingerprint density at radius 2 is 1.83 bits per heavy atom. The van der Waals surface area contributed by atoms with Gasteiger partial charge in [0.25, 0.3) is 5.91 Å². The van der Waals surface area contributed by atoms with Crippen molar-refractivity contribution in [1.82, 2.24) is 19.9 Å². The van der Waals surface area contributed by atoms with Crippen LogP contribution in [0.1, 0.15) is 15.9 Å². The van der Waals surface area contributed by atoms with E-state index in [1.165, 1.54) is 6.33 Å². The molecule has 1 amide bonds. The van der Waals surface area contributed by atoms with Gasteiger partial charge in [0.15, 0.2) is 0 Å². The molecule has 6 nitrogen and oxygen atoms in total. The highest BCUT2D eigenvalue weighted by atomic mass is 16.1. The Morgan fingerprint density at radius 3 is 2.58 bits per heavy atom. The second-order valence-corrected chi connectivity index (χ2v) is 5.40. The van der Waals surface area contributed by atoms with Crippen LogP contribution in [-0.4, -0.2) is 33.5 Å². The van der Waals surface area contributed by atoms with Crippen LogP contribution >= 0.6 is 0 Å². The fourth-order valence-corrected chi connectivity index (χ4v) is 2.25. The van der Waals surface area contributed by atoms with Crippen molar-refractivity contribution in [2.24, 2.45) is 0 Å². The maximum absolute atomic E-state index is 12.0. The lowest BCUT2D eigenvalue weighted by atomic mass is 10.1. The minimum Gasteiger partial charge on any atom is -0.368 e. The molecular weight excluding hydrogens is 302 g/mol. The number of rotatable bonds is 6. The molecule has 0 fully saturated rings. The first-order chi connectivity index (χ1) is 11.7. The molecule has 0 aliphatic heterocycles. The summed E-state index contributed by atoms with van der Waals surface area (Å²) in [5.74, 6) is 1.44. The predicted molar refractivity (Wildman–Crippen MR) is 93.4 cm³/mol. The molecule has 0 aliphatic rings. The average Bonchev–Trinajstić information content (AvgIpc) is 3.14. The Bertz CT molecular complexity index is 797. The van der Waals surface area contributed by atoms with Gasteiger partial charge in [0.1, 0.15) is 18.0 Å². The van der Waals surface area contributed by atoms with Crippen LogP contribution in [0.15, 0.2) is 61.2 Å². The maximum atomic E-state index is 12.0. The zero-order valence-electron chi connectivity index (χ0n) is 13.4. The molecule has 0 radical (unpaired) electrons. The average molecular weight is 321 g/mol. The Hall–Kier alpha value is -3.15. The van der Waals surface area contributed by atoms with Crippen molar-refractivity contribution >= 4 is 11.7 Å². The number of hydrogen-bond acceptors (Lipinski definition) is 4. The van der Waals surface area contributed by atoms with Crippen molar-refractivity contribution in [3.63, 3.8) is 0 Å². The van der Waals surface area contributed by atoms with Crippen molar-refractivity contribution in [1.29, 1.82) is 0 Å². The number of hydrogen-bond donors (Lipinski definition) is 2. The lowest BCUT2D eigenvalue weighted by molar-refractivity contribution is 0.0955. The number of carbonyl (C=O) groups is 1. The summed E-state index contributed by atoms with van der Waals surface area (Å²) in [7, 11) is 0. The summed E-state index contributed by atoms with van der Waals surface area (Å²) in [6, 6.07) is 13.2. The highest BCUT2D eigenvalue weighted by Crippen LogP contribution is 2.08. The summed E-state index contributed by atoms with van der Waals surface area (Å²) in [4.78, 5) is 20.4. The number of benzene rings is 1. The molecular formula is C18H19N5O. The number of anilines is 1. The lowest BCUT2D eigenvalue weighted by Gasteiger charge is -2.09. The first-order valence-corrected chi connectivity index (χ1v) is 7.76. The van der Waals surface area contributed by atoms with E-state index in [4.69, 9.17) is 0 Å². The second kappa shape index (κ2) is 7.41. The van der Waals surface area contributed by atoms with Crippen molar-refractivity contribution in [3.05, 3.63) is 72.3 Å². The number of nitrogens with zero attached hydrogens (tertiary/aromatic N) is 3. The number of amides is 1. The molecule has 0 unspecified atom stereocenters. The van der Waals surface area contributed by atoms with E-state index in [0.29, 0.717) is 18.7 Å². The third-order valence-electron chi connectivity index (χ3n) is 3.55. The van der Waals surface area contributed by atoms with Crippen LogP contribution in [0.3, 0.4) is 0 Å². The van der Waals surface area contributed by atoms with Gasteiger partial charge in [-0.2, -0.15) is 0 Å². The van der Waals surface area contributed by atoms with E-state index in [2.05, 4.69) is 20.6 Å². The predicted octanol–water partition coefficient (Wildman–Crippen LogP) is 2.42. The Labute approximate surface area is 140 Å². The highest BCUT2D eigenvalue weighted by molar-refractivity contribution is 5.94. The van der Waals surface area contributed by atoms with E-state index in [0.717, 1.165) is 17.2 Å². The molecule has 0 aliphatic carbocycles. The van der Waals surface area contributed by atoms with Gasteiger partial charge >= 0.3 is 0 Å². The van der Waals surface area contributed by atoms with Gasteiger partial charge in [0, 0.05) is 37.1 Å². The number of nitrogens with one attached hydrogen (secondary N) is 2. The van der Waals surface area contributed by atoms with E-state index >= 15 is 0 Å². The molecule has 0 atom stereocenters. The lowest BCUT2D eigenvalue weighted by Crippen LogP contribution is -2.28. The molecule has 0 spiro atoms. The van der Waals surface area contributed by atoms with Crippen molar-refractivity contribution in [2.75, 3.05) is 18.4 Å². The Morgan fingerprint density at radius 1 is 1.08 bits per heavy atom. The maximum Gasteiger partial charge on any atom is 0.251 e. The quantitative estimate of drug-likeness (QED) is 0.684. The molecule has 0 saturated heterocycles. The first kappa shape index (κ1) is 15.7. The normalized spacial score (nSPS) is 10.4. The van der Waals surface area contributed by atoms with Gasteiger partial charge in [-0.25, -0.2) is 9.97 Å². The van der Waals surface area contributed by atoms with E-state index in [-0.39, 0.29) is 5.91 Å². The van der Waals surface area contributed by atoms with Crippen LogP contribution < -0.4 is 10.6 Å². The van der Waals surface area contributed by atoms with Gasteiger partial charge < -0.3 is 15.2 Å². The molecule has 2 heterocycles. The van der Waals surface area contributed by atoms with Crippen LogP contribution in [0.2, 0.25) is 0 Å². The zero-order chi connectivity index (χ0) is 16.8. The molecule has 6 heteroatoms. The van der Waals surface area contributed by atoms with E-state index < -0.39 is 0 Å². The number of carbonyl (C=O) groups excluding carboxylic acids is 1. The van der Waals surface area contributed by atoms with Crippen molar-refractivity contribution in [3.8, 4) is 5.82 Å². The van der Waals surface area contributed by atoms with Gasteiger partial charge in [-0.3, -0.25) is 4.79 Å². The van der Waals surface area contributed by atoms with Gasteiger partial charge in [-0.1, -0.05) is 17.7 Å². The summed E-state index contributed by atoms with van der Waals surface area (Å²) >= 11 is 0. The topological polar surface area (TPSA) is 71.8 Å². The van der Waals surface area contributed by atoms with E-state index in [1.54, 1.807) is 0 Å². The summed E-state index contributed by atoms with van der Waals surface area (Å²) in [6.07, 6.45) is 5.37. The molecule has 0 saturated carbocycles. The molecule has 2 aromatic heterocycles. The molecule has 3 aromatic rings. The van der Waals surface area contributed by atoms with Gasteiger partial charge in [-0.15, -0.1) is 0 Å². The third kappa shape index (κ3) is 3.98.